The van der Waals surface area contributed by atoms with E-state index in [2.05, 4.69) is 60.7 Å². The molecule has 1 unspecified atom stereocenters. The van der Waals surface area contributed by atoms with Gasteiger partial charge < -0.3 is 9.41 Å². The van der Waals surface area contributed by atoms with Crippen molar-refractivity contribution in [3.05, 3.63) is 65.7 Å². The zero-order valence-corrected chi connectivity index (χ0v) is 12.1. The molecule has 0 heterocycles. The molecule has 0 fully saturated rings. The molecule has 1 aliphatic rings. The van der Waals surface area contributed by atoms with Crippen molar-refractivity contribution in [3.63, 3.8) is 0 Å². The van der Waals surface area contributed by atoms with Gasteiger partial charge >= 0.3 is 111 Å². The minimum absolute atomic E-state index is 0. The quantitative estimate of drug-likeness (QED) is 0.569. The molecule has 18 heavy (non-hydrogen) atoms. The molecule has 0 spiro atoms. The molecule has 0 bridgehead atoms. The summed E-state index contributed by atoms with van der Waals surface area (Å²) in [6.45, 7) is 0. The second-order valence-corrected chi connectivity index (χ2v) is 5.54. The molecule has 3 rings (SSSR count). The Morgan fingerprint density at radius 3 is 2.28 bits per heavy atom. The fraction of sp³-hybridized carbons (Fsp3) is 0.0667. The van der Waals surface area contributed by atoms with E-state index in [1.165, 1.54) is 22.3 Å². The minimum atomic E-state index is 0. The number of hydrogen-bond acceptors (Lipinski definition) is 0. The molecule has 1 atom stereocenters. The van der Waals surface area contributed by atoms with E-state index < -0.39 is 0 Å². The third kappa shape index (κ3) is 2.51. The van der Waals surface area contributed by atoms with Crippen LogP contribution in [0.1, 0.15) is 14.8 Å². The standard InChI is InChI=1S/C15H11.2FH.Zr/c1-2-6-12(7-3-1)14-10-4-8-13-9-5-11-15(13)14;;;/h1-11H;2*1H;/q;;;+2/p-2. The fourth-order valence-electron chi connectivity index (χ4n) is 2.21. The third-order valence-electron chi connectivity index (χ3n) is 3.02. The SMILES string of the molecule is [F-].[F-].[Zr+2][CH]1C=Cc2c(-c3ccccc3)cccc21. The van der Waals surface area contributed by atoms with Gasteiger partial charge in [-0.1, -0.05) is 0 Å². The van der Waals surface area contributed by atoms with Crippen molar-refractivity contribution < 1.29 is 34.1 Å². The molecule has 0 aromatic heterocycles. The van der Waals surface area contributed by atoms with Crippen LogP contribution < -0.4 is 9.41 Å². The normalized spacial score (nSPS) is 15.6. The van der Waals surface area contributed by atoms with E-state index in [9.17, 15) is 0 Å². The van der Waals surface area contributed by atoms with Crippen molar-refractivity contribution in [1.29, 1.82) is 0 Å². The van der Waals surface area contributed by atoms with E-state index >= 15 is 0 Å². The molecule has 89 valence electrons. The van der Waals surface area contributed by atoms with Crippen LogP contribution in [0.2, 0.25) is 0 Å². The number of halogens is 2. The topological polar surface area (TPSA) is 0 Å². The van der Waals surface area contributed by atoms with E-state index in [0.717, 1.165) is 0 Å². The van der Waals surface area contributed by atoms with Gasteiger partial charge in [-0.15, -0.1) is 0 Å². The van der Waals surface area contributed by atoms with Crippen LogP contribution in [0.3, 0.4) is 0 Å². The molecule has 3 heteroatoms. The van der Waals surface area contributed by atoms with E-state index in [1.807, 2.05) is 0 Å². The maximum absolute atomic E-state index is 2.31. The summed E-state index contributed by atoms with van der Waals surface area (Å²) in [6, 6.07) is 17.3. The summed E-state index contributed by atoms with van der Waals surface area (Å²) in [5.41, 5.74) is 5.57. The molecule has 0 amide bonds. The van der Waals surface area contributed by atoms with Gasteiger partial charge in [0.05, 0.1) is 0 Å². The van der Waals surface area contributed by atoms with Gasteiger partial charge in [0, 0.05) is 0 Å². The van der Waals surface area contributed by atoms with Crippen LogP contribution >= 0.6 is 0 Å². The van der Waals surface area contributed by atoms with Gasteiger partial charge in [-0.25, -0.2) is 0 Å². The van der Waals surface area contributed by atoms with Crippen molar-refractivity contribution in [2.45, 2.75) is 3.63 Å². The molecule has 0 saturated carbocycles. The number of benzene rings is 2. The Bertz CT molecular complexity index is 550. The first-order valence-electron chi connectivity index (χ1n) is 5.44. The Kier molecular flexibility index (Phi) is 5.16. The van der Waals surface area contributed by atoms with Crippen molar-refractivity contribution in [2.75, 3.05) is 0 Å². The summed E-state index contributed by atoms with van der Waals surface area (Å²) >= 11 is 1.57. The average Bonchev–Trinajstić information content (AvgIpc) is 2.73. The summed E-state index contributed by atoms with van der Waals surface area (Å²) in [5, 5.41) is 0. The summed E-state index contributed by atoms with van der Waals surface area (Å²) < 4.78 is 0.644. The van der Waals surface area contributed by atoms with Crippen LogP contribution in [0, 0.1) is 0 Å². The van der Waals surface area contributed by atoms with Gasteiger partial charge in [0.15, 0.2) is 0 Å². The van der Waals surface area contributed by atoms with Crippen LogP contribution in [-0.4, -0.2) is 0 Å². The number of hydrogen-bond donors (Lipinski definition) is 0. The molecule has 0 radical (unpaired) electrons. The van der Waals surface area contributed by atoms with Crippen molar-refractivity contribution >= 4 is 6.08 Å². The van der Waals surface area contributed by atoms with Gasteiger partial charge in [-0.3, -0.25) is 0 Å². The first-order valence-corrected chi connectivity index (χ1v) is 6.86. The molecule has 2 aromatic carbocycles. The summed E-state index contributed by atoms with van der Waals surface area (Å²) in [5.74, 6) is 0. The van der Waals surface area contributed by atoms with Gasteiger partial charge in [-0.2, -0.15) is 0 Å². The summed E-state index contributed by atoms with van der Waals surface area (Å²) in [6.07, 6.45) is 4.59. The third-order valence-corrected chi connectivity index (χ3v) is 4.25. The van der Waals surface area contributed by atoms with Gasteiger partial charge in [-0.05, 0) is 0 Å². The Morgan fingerprint density at radius 2 is 1.56 bits per heavy atom. The van der Waals surface area contributed by atoms with Crippen LogP contribution in [0.5, 0.6) is 0 Å². The van der Waals surface area contributed by atoms with Gasteiger partial charge in [0.1, 0.15) is 0 Å². The first kappa shape index (κ1) is 15.0. The van der Waals surface area contributed by atoms with E-state index in [1.54, 1.807) is 24.7 Å². The first-order chi connectivity index (χ1) is 7.86. The fourth-order valence-corrected chi connectivity index (χ4v) is 3.06. The Hall–Kier alpha value is -1.08. The number of allylic oxidation sites excluding steroid dienone is 1. The molecule has 0 nitrogen and oxygen atoms in total. The summed E-state index contributed by atoms with van der Waals surface area (Å²) in [7, 11) is 0. The molecular formula is C15H11F2Zr. The molecule has 0 saturated heterocycles. The Labute approximate surface area is 120 Å². The number of rotatable bonds is 1. The zero-order chi connectivity index (χ0) is 11.0. The van der Waals surface area contributed by atoms with Crippen molar-refractivity contribution in [1.82, 2.24) is 0 Å². The van der Waals surface area contributed by atoms with Crippen molar-refractivity contribution in [3.8, 4) is 11.1 Å². The zero-order valence-electron chi connectivity index (χ0n) is 9.61. The van der Waals surface area contributed by atoms with Crippen molar-refractivity contribution in [2.24, 2.45) is 0 Å². The molecule has 0 N–H and O–H groups in total. The monoisotopic (exact) mass is 319 g/mol. The predicted molar refractivity (Wildman–Crippen MR) is 63.7 cm³/mol. The summed E-state index contributed by atoms with van der Waals surface area (Å²) in [4.78, 5) is 0. The Morgan fingerprint density at radius 1 is 0.833 bits per heavy atom. The van der Waals surface area contributed by atoms with E-state index in [4.69, 9.17) is 0 Å². The van der Waals surface area contributed by atoms with Crippen LogP contribution in [0.4, 0.5) is 0 Å². The number of fused-ring (bicyclic) bond motifs is 1. The van der Waals surface area contributed by atoms with E-state index in [0.29, 0.717) is 3.63 Å². The maximum atomic E-state index is 2.31. The van der Waals surface area contributed by atoms with Crippen LogP contribution in [-0.2, 0) is 24.7 Å². The molecule has 0 aliphatic heterocycles. The molecule has 1 aliphatic carbocycles. The predicted octanol–water partition coefficient (Wildman–Crippen LogP) is -2.02. The molecular weight excluding hydrogens is 309 g/mol. The van der Waals surface area contributed by atoms with E-state index in [-0.39, 0.29) is 9.41 Å². The van der Waals surface area contributed by atoms with Gasteiger partial charge in [0.2, 0.25) is 0 Å². The van der Waals surface area contributed by atoms with Crippen LogP contribution in [0.15, 0.2) is 54.6 Å². The Balaban J connectivity index is 0.000000810. The molecule has 2 aromatic rings. The second-order valence-electron chi connectivity index (χ2n) is 4.01. The van der Waals surface area contributed by atoms with Crippen LogP contribution in [0.25, 0.3) is 17.2 Å². The second kappa shape index (κ2) is 6.20. The average molecular weight is 320 g/mol. The van der Waals surface area contributed by atoms with Gasteiger partial charge in [0.25, 0.3) is 0 Å².